The number of hydrogen-bond donors (Lipinski definition) is 2. The Labute approximate surface area is 160 Å². The third-order valence-electron chi connectivity index (χ3n) is 4.37. The molecule has 0 bridgehead atoms. The summed E-state index contributed by atoms with van der Waals surface area (Å²) in [6.07, 6.45) is 1.51. The van der Waals surface area contributed by atoms with E-state index in [1.807, 2.05) is 50.2 Å². The molecule has 6 nitrogen and oxygen atoms in total. The molecular formula is C21H26N4O2. The van der Waals surface area contributed by atoms with E-state index in [9.17, 15) is 9.59 Å². The summed E-state index contributed by atoms with van der Waals surface area (Å²) < 4.78 is 0. The van der Waals surface area contributed by atoms with E-state index in [-0.39, 0.29) is 0 Å². The minimum absolute atomic E-state index is 0.578. The number of rotatable bonds is 6. The van der Waals surface area contributed by atoms with Gasteiger partial charge in [-0.1, -0.05) is 18.2 Å². The predicted molar refractivity (Wildman–Crippen MR) is 110 cm³/mol. The molecule has 0 spiro atoms. The monoisotopic (exact) mass is 366 g/mol. The molecule has 6 heteroatoms. The van der Waals surface area contributed by atoms with Crippen molar-refractivity contribution in [3.8, 4) is 0 Å². The number of benzene rings is 2. The summed E-state index contributed by atoms with van der Waals surface area (Å²) in [7, 11) is 0. The van der Waals surface area contributed by atoms with Crippen LogP contribution in [-0.2, 0) is 9.59 Å². The highest BCUT2D eigenvalue weighted by molar-refractivity contribution is 6.39. The maximum Gasteiger partial charge on any atom is 0.329 e. The molecule has 0 atom stereocenters. The maximum atomic E-state index is 11.9. The molecule has 0 aliphatic rings. The summed E-state index contributed by atoms with van der Waals surface area (Å²) in [6, 6.07) is 13.3. The predicted octanol–water partition coefficient (Wildman–Crippen LogP) is 3.24. The van der Waals surface area contributed by atoms with Crippen LogP contribution >= 0.6 is 0 Å². The molecule has 0 fully saturated rings. The molecule has 2 rings (SSSR count). The van der Waals surface area contributed by atoms with Gasteiger partial charge in [0.15, 0.2) is 0 Å². The van der Waals surface area contributed by atoms with Gasteiger partial charge in [0.25, 0.3) is 0 Å². The Bertz CT molecular complexity index is 825. The first kappa shape index (κ1) is 20.2. The molecule has 0 aromatic heterocycles. The summed E-state index contributed by atoms with van der Waals surface area (Å²) in [5, 5.41) is 6.41. The first-order valence-electron chi connectivity index (χ1n) is 9.01. The maximum absolute atomic E-state index is 11.9. The van der Waals surface area contributed by atoms with E-state index in [1.165, 1.54) is 6.21 Å². The van der Waals surface area contributed by atoms with Crippen LogP contribution in [0.3, 0.4) is 0 Å². The van der Waals surface area contributed by atoms with Crippen molar-refractivity contribution >= 4 is 29.4 Å². The van der Waals surface area contributed by atoms with Gasteiger partial charge in [0.2, 0.25) is 0 Å². The molecule has 2 N–H and O–H groups in total. The van der Waals surface area contributed by atoms with Crippen molar-refractivity contribution in [3.05, 3.63) is 59.2 Å². The molecule has 0 aliphatic heterocycles. The highest BCUT2D eigenvalue weighted by atomic mass is 16.2. The van der Waals surface area contributed by atoms with Crippen molar-refractivity contribution in [3.63, 3.8) is 0 Å². The normalized spacial score (nSPS) is 10.7. The number of nitrogens with one attached hydrogen (secondary N) is 2. The topological polar surface area (TPSA) is 73.8 Å². The molecule has 27 heavy (non-hydrogen) atoms. The van der Waals surface area contributed by atoms with Crippen LogP contribution in [0.5, 0.6) is 0 Å². The summed E-state index contributed by atoms with van der Waals surface area (Å²) in [5.74, 6) is -1.57. The van der Waals surface area contributed by atoms with E-state index in [0.717, 1.165) is 35.5 Å². The summed E-state index contributed by atoms with van der Waals surface area (Å²) >= 11 is 0. The van der Waals surface area contributed by atoms with Crippen molar-refractivity contribution in [1.29, 1.82) is 0 Å². The quantitative estimate of drug-likeness (QED) is 0.468. The third-order valence-corrected chi connectivity index (χ3v) is 4.37. The van der Waals surface area contributed by atoms with Crippen LogP contribution in [-0.4, -0.2) is 31.1 Å². The van der Waals surface area contributed by atoms with Crippen LogP contribution in [0.15, 0.2) is 47.6 Å². The summed E-state index contributed by atoms with van der Waals surface area (Å²) in [4.78, 5) is 26.0. The smallest absolute Gasteiger partial charge is 0.329 e. The van der Waals surface area contributed by atoms with E-state index >= 15 is 0 Å². The SMILES string of the molecule is CCN(CC)c1ccc(/C=N\NC(=O)C(=O)Nc2ccc(C)c(C)c2)cc1. The lowest BCUT2D eigenvalue weighted by Gasteiger charge is -2.20. The summed E-state index contributed by atoms with van der Waals surface area (Å²) in [5.41, 5.74) is 6.95. The van der Waals surface area contributed by atoms with Gasteiger partial charge in [-0.3, -0.25) is 9.59 Å². The van der Waals surface area contributed by atoms with Crippen LogP contribution in [0, 0.1) is 13.8 Å². The zero-order valence-corrected chi connectivity index (χ0v) is 16.2. The average Bonchev–Trinajstić information content (AvgIpc) is 2.66. The van der Waals surface area contributed by atoms with Crippen molar-refractivity contribution in [2.75, 3.05) is 23.3 Å². The molecule has 2 aromatic carbocycles. The van der Waals surface area contributed by atoms with Crippen LogP contribution in [0.2, 0.25) is 0 Å². The number of nitrogens with zero attached hydrogens (tertiary/aromatic N) is 2. The van der Waals surface area contributed by atoms with Crippen molar-refractivity contribution in [2.45, 2.75) is 27.7 Å². The Hall–Kier alpha value is -3.15. The zero-order valence-electron chi connectivity index (χ0n) is 16.2. The van der Waals surface area contributed by atoms with Gasteiger partial charge >= 0.3 is 11.8 Å². The second-order valence-electron chi connectivity index (χ2n) is 6.22. The van der Waals surface area contributed by atoms with Gasteiger partial charge in [0, 0.05) is 24.5 Å². The van der Waals surface area contributed by atoms with Crippen molar-refractivity contribution in [1.82, 2.24) is 5.43 Å². The Morgan fingerprint density at radius 2 is 1.63 bits per heavy atom. The number of anilines is 2. The fourth-order valence-corrected chi connectivity index (χ4v) is 2.58. The number of amides is 2. The lowest BCUT2D eigenvalue weighted by molar-refractivity contribution is -0.136. The third kappa shape index (κ3) is 5.67. The molecule has 0 aliphatic carbocycles. The van der Waals surface area contributed by atoms with Gasteiger partial charge in [0.05, 0.1) is 6.21 Å². The van der Waals surface area contributed by atoms with Gasteiger partial charge in [-0.2, -0.15) is 5.10 Å². The first-order valence-corrected chi connectivity index (χ1v) is 9.01. The standard InChI is InChI=1S/C21H26N4O2/c1-5-25(6-2)19-11-8-17(9-12-19)14-22-24-21(27)20(26)23-18-10-7-15(3)16(4)13-18/h7-14H,5-6H2,1-4H3,(H,23,26)(H,24,27)/b22-14-. The van der Waals surface area contributed by atoms with Crippen LogP contribution < -0.4 is 15.6 Å². The van der Waals surface area contributed by atoms with Crippen molar-refractivity contribution < 1.29 is 9.59 Å². The second kappa shape index (κ2) is 9.52. The van der Waals surface area contributed by atoms with E-state index in [1.54, 1.807) is 6.07 Å². The molecule has 0 radical (unpaired) electrons. The number of aryl methyl sites for hydroxylation is 2. The average molecular weight is 366 g/mol. The molecule has 0 saturated heterocycles. The highest BCUT2D eigenvalue weighted by Gasteiger charge is 2.13. The highest BCUT2D eigenvalue weighted by Crippen LogP contribution is 2.15. The number of carbonyl (C=O) groups is 2. The lowest BCUT2D eigenvalue weighted by atomic mass is 10.1. The van der Waals surface area contributed by atoms with E-state index in [0.29, 0.717) is 5.69 Å². The lowest BCUT2D eigenvalue weighted by Crippen LogP contribution is -2.32. The van der Waals surface area contributed by atoms with Gasteiger partial charge in [-0.05, 0) is 68.7 Å². The molecule has 142 valence electrons. The minimum Gasteiger partial charge on any atom is -0.372 e. The second-order valence-corrected chi connectivity index (χ2v) is 6.22. The fourth-order valence-electron chi connectivity index (χ4n) is 2.58. The van der Waals surface area contributed by atoms with Gasteiger partial charge in [-0.15, -0.1) is 0 Å². The largest absolute Gasteiger partial charge is 0.372 e. The van der Waals surface area contributed by atoms with Gasteiger partial charge < -0.3 is 10.2 Å². The number of hydrogen-bond acceptors (Lipinski definition) is 4. The minimum atomic E-state index is -0.816. The Morgan fingerprint density at radius 3 is 2.22 bits per heavy atom. The molecule has 2 amide bonds. The molecule has 2 aromatic rings. The van der Waals surface area contributed by atoms with Crippen LogP contribution in [0.25, 0.3) is 0 Å². The Kier molecular flexibility index (Phi) is 7.11. The molecule has 0 saturated carbocycles. The Balaban J connectivity index is 1.90. The first-order chi connectivity index (χ1) is 12.9. The Morgan fingerprint density at radius 1 is 0.963 bits per heavy atom. The van der Waals surface area contributed by atoms with Crippen molar-refractivity contribution in [2.24, 2.45) is 5.10 Å². The van der Waals surface area contributed by atoms with Crippen LogP contribution in [0.4, 0.5) is 11.4 Å². The fraction of sp³-hybridized carbons (Fsp3) is 0.286. The number of hydrazone groups is 1. The van der Waals surface area contributed by atoms with Gasteiger partial charge in [0.1, 0.15) is 0 Å². The van der Waals surface area contributed by atoms with E-state index < -0.39 is 11.8 Å². The van der Waals surface area contributed by atoms with Crippen LogP contribution in [0.1, 0.15) is 30.5 Å². The zero-order chi connectivity index (χ0) is 19.8. The van der Waals surface area contributed by atoms with E-state index in [4.69, 9.17) is 0 Å². The summed E-state index contributed by atoms with van der Waals surface area (Å²) in [6.45, 7) is 10.0. The van der Waals surface area contributed by atoms with Gasteiger partial charge in [-0.25, -0.2) is 5.43 Å². The molecule has 0 unspecified atom stereocenters. The number of carbonyl (C=O) groups excluding carboxylic acids is 2. The molecular weight excluding hydrogens is 340 g/mol. The van der Waals surface area contributed by atoms with E-state index in [2.05, 4.69) is 34.6 Å². The molecule has 0 heterocycles.